The van der Waals surface area contributed by atoms with E-state index in [0.717, 1.165) is 22.2 Å². The molecule has 0 fully saturated rings. The molecule has 2 aromatic carbocycles. The zero-order valence-corrected chi connectivity index (χ0v) is 15.3. The molecule has 3 heterocycles. The number of carbonyl (C=O) groups is 1. The fourth-order valence-corrected chi connectivity index (χ4v) is 3.87. The second kappa shape index (κ2) is 6.23. The van der Waals surface area contributed by atoms with Crippen LogP contribution >= 0.6 is 0 Å². The van der Waals surface area contributed by atoms with Crippen LogP contribution in [-0.4, -0.2) is 20.3 Å². The van der Waals surface area contributed by atoms with E-state index >= 15 is 0 Å². The molecule has 1 atom stereocenters. The quantitative estimate of drug-likeness (QED) is 0.598. The molecule has 2 aromatic heterocycles. The lowest BCUT2D eigenvalue weighted by Crippen LogP contribution is -2.23. The van der Waals surface area contributed by atoms with E-state index in [-0.39, 0.29) is 11.8 Å². The number of nitrogens with one attached hydrogen (secondary N) is 1. The molecule has 0 saturated heterocycles. The largest absolute Gasteiger partial charge is 0.419 e. The van der Waals surface area contributed by atoms with Gasteiger partial charge in [-0.1, -0.05) is 24.3 Å². The van der Waals surface area contributed by atoms with Gasteiger partial charge in [-0.2, -0.15) is 5.10 Å². The van der Waals surface area contributed by atoms with Crippen molar-refractivity contribution in [2.45, 2.75) is 18.9 Å². The summed E-state index contributed by atoms with van der Waals surface area (Å²) in [5.41, 5.74) is 5.05. The lowest BCUT2D eigenvalue weighted by Gasteiger charge is -2.26. The maximum atomic E-state index is 12.3. The first-order valence-corrected chi connectivity index (χ1v) is 9.08. The van der Waals surface area contributed by atoms with Gasteiger partial charge in [0, 0.05) is 43.5 Å². The van der Waals surface area contributed by atoms with E-state index in [1.165, 1.54) is 4.57 Å². The van der Waals surface area contributed by atoms with Gasteiger partial charge in [-0.3, -0.25) is 14.0 Å². The molecule has 5 rings (SSSR count). The molecule has 0 radical (unpaired) electrons. The topological polar surface area (TPSA) is 82.1 Å². The summed E-state index contributed by atoms with van der Waals surface area (Å²) in [5.74, 6) is -0.551. The molecule has 1 aliphatic rings. The molecule has 0 spiro atoms. The highest BCUT2D eigenvalue weighted by atomic mass is 16.4. The van der Waals surface area contributed by atoms with E-state index in [0.29, 0.717) is 24.2 Å². The maximum Gasteiger partial charge on any atom is 0.419 e. The molecule has 0 bridgehead atoms. The van der Waals surface area contributed by atoms with Crippen LogP contribution in [0.1, 0.15) is 29.0 Å². The summed E-state index contributed by atoms with van der Waals surface area (Å²) in [6.07, 6.45) is 4.04. The van der Waals surface area contributed by atoms with Crippen molar-refractivity contribution in [3.8, 4) is 0 Å². The van der Waals surface area contributed by atoms with Crippen molar-refractivity contribution >= 4 is 22.7 Å². The summed E-state index contributed by atoms with van der Waals surface area (Å²) < 4.78 is 8.62. The molecular weight excluding hydrogens is 356 g/mol. The fraction of sp³-hybridized carbons (Fsp3) is 0.190. The van der Waals surface area contributed by atoms with E-state index in [4.69, 9.17) is 4.42 Å². The van der Waals surface area contributed by atoms with Crippen LogP contribution < -0.4 is 11.1 Å². The molecular formula is C21H18N4O3. The Morgan fingerprint density at radius 2 is 2.11 bits per heavy atom. The van der Waals surface area contributed by atoms with Crippen molar-refractivity contribution in [2.75, 3.05) is 5.32 Å². The van der Waals surface area contributed by atoms with Crippen molar-refractivity contribution in [3.63, 3.8) is 0 Å². The number of hydrogen-bond acceptors (Lipinski definition) is 4. The van der Waals surface area contributed by atoms with E-state index < -0.39 is 5.76 Å². The minimum Gasteiger partial charge on any atom is -0.408 e. The van der Waals surface area contributed by atoms with Crippen molar-refractivity contribution in [3.05, 3.63) is 82.1 Å². The second-order valence-corrected chi connectivity index (χ2v) is 7.09. The smallest absolute Gasteiger partial charge is 0.408 e. The third-order valence-electron chi connectivity index (χ3n) is 5.26. The zero-order valence-electron chi connectivity index (χ0n) is 15.3. The van der Waals surface area contributed by atoms with Gasteiger partial charge in [0.25, 0.3) is 0 Å². The second-order valence-electron chi connectivity index (χ2n) is 7.09. The molecule has 140 valence electrons. The third kappa shape index (κ3) is 2.72. The van der Waals surface area contributed by atoms with Gasteiger partial charge in [0.15, 0.2) is 5.58 Å². The summed E-state index contributed by atoms with van der Waals surface area (Å²) in [6.45, 7) is 0.669. The number of amides is 1. The first-order valence-electron chi connectivity index (χ1n) is 9.08. The number of benzene rings is 2. The van der Waals surface area contributed by atoms with Gasteiger partial charge in [0.1, 0.15) is 0 Å². The first kappa shape index (κ1) is 16.6. The highest BCUT2D eigenvalue weighted by Crippen LogP contribution is 2.39. The monoisotopic (exact) mass is 374 g/mol. The van der Waals surface area contributed by atoms with Crippen molar-refractivity contribution in [1.29, 1.82) is 0 Å². The van der Waals surface area contributed by atoms with Crippen molar-refractivity contribution < 1.29 is 9.21 Å². The van der Waals surface area contributed by atoms with Crippen LogP contribution in [0.3, 0.4) is 0 Å². The van der Waals surface area contributed by atoms with E-state index in [1.807, 2.05) is 35.1 Å². The Morgan fingerprint density at radius 3 is 2.93 bits per heavy atom. The summed E-state index contributed by atoms with van der Waals surface area (Å²) in [6, 6.07) is 13.8. The highest BCUT2D eigenvalue weighted by molar-refractivity contribution is 5.97. The van der Waals surface area contributed by atoms with Gasteiger partial charge in [-0.15, -0.1) is 0 Å². The molecule has 0 aliphatic carbocycles. The normalized spacial score (nSPS) is 16.2. The Hall–Kier alpha value is -3.61. The summed E-state index contributed by atoms with van der Waals surface area (Å²) in [4.78, 5) is 24.2. The number of aryl methyl sites for hydroxylation is 1. The van der Waals surface area contributed by atoms with Crippen LogP contribution in [0.4, 0.5) is 5.69 Å². The van der Waals surface area contributed by atoms with Crippen molar-refractivity contribution in [1.82, 2.24) is 14.3 Å². The van der Waals surface area contributed by atoms with Crippen LogP contribution in [0.2, 0.25) is 0 Å². The zero-order chi connectivity index (χ0) is 19.3. The van der Waals surface area contributed by atoms with E-state index in [9.17, 15) is 9.59 Å². The van der Waals surface area contributed by atoms with E-state index in [2.05, 4.69) is 22.5 Å². The number of rotatable bonds is 3. The Bertz CT molecular complexity index is 1250. The summed E-state index contributed by atoms with van der Waals surface area (Å²) in [7, 11) is 1.68. The number of hydrogen-bond donors (Lipinski definition) is 1. The minimum absolute atomic E-state index is 0.0485. The SMILES string of the molecule is Cn1c(=O)oc2cc3c(cc21)C(c1cccc(Cn2cccn2)c1)CC(=O)N3. The Morgan fingerprint density at radius 1 is 1.21 bits per heavy atom. The van der Waals surface area contributed by atoms with Gasteiger partial charge < -0.3 is 9.73 Å². The molecule has 1 N–H and O–H groups in total. The third-order valence-corrected chi connectivity index (χ3v) is 5.26. The van der Waals surface area contributed by atoms with Crippen LogP contribution in [0, 0.1) is 0 Å². The van der Waals surface area contributed by atoms with Gasteiger partial charge >= 0.3 is 5.76 Å². The fourth-order valence-electron chi connectivity index (χ4n) is 3.87. The van der Waals surface area contributed by atoms with Gasteiger partial charge in [-0.05, 0) is 28.8 Å². The Balaban J connectivity index is 1.60. The molecule has 0 saturated carbocycles. The lowest BCUT2D eigenvalue weighted by atomic mass is 9.84. The van der Waals surface area contributed by atoms with Crippen LogP contribution in [0.15, 0.2) is 64.1 Å². The summed E-state index contributed by atoms with van der Waals surface area (Å²) in [5, 5.41) is 7.16. The van der Waals surface area contributed by atoms with Gasteiger partial charge in [0.2, 0.25) is 5.91 Å². The number of nitrogens with zero attached hydrogens (tertiary/aromatic N) is 3. The number of oxazole rings is 1. The highest BCUT2D eigenvalue weighted by Gasteiger charge is 2.28. The number of carbonyl (C=O) groups excluding carboxylic acids is 1. The number of anilines is 1. The van der Waals surface area contributed by atoms with Crippen LogP contribution in [-0.2, 0) is 18.4 Å². The average Bonchev–Trinajstić information content (AvgIpc) is 3.28. The average molecular weight is 374 g/mol. The van der Waals surface area contributed by atoms with Crippen LogP contribution in [0.5, 0.6) is 0 Å². The molecule has 1 amide bonds. The lowest BCUT2D eigenvalue weighted by molar-refractivity contribution is -0.116. The molecule has 4 aromatic rings. The number of aromatic nitrogens is 3. The standard InChI is InChI=1S/C21H18N4O3/c1-24-18-9-16-15(10-20(26)23-17(16)11-19(18)28-21(24)27)14-5-2-4-13(8-14)12-25-7-3-6-22-25/h2-9,11,15H,10,12H2,1H3,(H,23,26). The molecule has 7 heteroatoms. The molecule has 28 heavy (non-hydrogen) atoms. The van der Waals surface area contributed by atoms with Crippen LogP contribution in [0.25, 0.3) is 11.1 Å². The molecule has 1 unspecified atom stereocenters. The van der Waals surface area contributed by atoms with Gasteiger partial charge in [-0.25, -0.2) is 4.79 Å². The first-order chi connectivity index (χ1) is 13.6. The Labute approximate surface area is 160 Å². The Kier molecular flexibility index (Phi) is 3.68. The molecule has 7 nitrogen and oxygen atoms in total. The van der Waals surface area contributed by atoms with Gasteiger partial charge in [0.05, 0.1) is 12.1 Å². The predicted octanol–water partition coefficient (Wildman–Crippen LogP) is 2.85. The predicted molar refractivity (Wildman–Crippen MR) is 104 cm³/mol. The molecule has 1 aliphatic heterocycles. The van der Waals surface area contributed by atoms with Crippen molar-refractivity contribution in [2.24, 2.45) is 7.05 Å². The minimum atomic E-state index is -0.415. The maximum absolute atomic E-state index is 12.3. The van der Waals surface area contributed by atoms with E-state index in [1.54, 1.807) is 19.3 Å². The summed E-state index contributed by atoms with van der Waals surface area (Å²) >= 11 is 0. The number of fused-ring (bicyclic) bond motifs is 2.